The molecular weight excluding hydrogens is 392 g/mol. The maximum Gasteiger partial charge on any atom is 0.319 e. The monoisotopic (exact) mass is 422 g/mol. The molecule has 0 bridgehead atoms. The van der Waals surface area contributed by atoms with Crippen molar-refractivity contribution in [1.82, 2.24) is 10.2 Å². The summed E-state index contributed by atoms with van der Waals surface area (Å²) in [6.07, 6.45) is 1.06. The molecule has 2 N–H and O–H groups in total. The minimum absolute atomic E-state index is 0.0409. The Bertz CT molecular complexity index is 912. The van der Waals surface area contributed by atoms with E-state index in [1.807, 2.05) is 24.3 Å². The van der Waals surface area contributed by atoms with Crippen LogP contribution in [0.2, 0.25) is 0 Å². The van der Waals surface area contributed by atoms with Gasteiger partial charge in [0.2, 0.25) is 0 Å². The quantitative estimate of drug-likeness (QED) is 0.699. The van der Waals surface area contributed by atoms with Crippen LogP contribution in [0.5, 0.6) is 0 Å². The summed E-state index contributed by atoms with van der Waals surface area (Å²) in [4.78, 5) is 29.5. The maximum absolute atomic E-state index is 12.4. The third-order valence-electron chi connectivity index (χ3n) is 6.03. The average molecular weight is 423 g/mol. The van der Waals surface area contributed by atoms with E-state index in [1.165, 1.54) is 11.3 Å². The van der Waals surface area contributed by atoms with Crippen molar-refractivity contribution in [3.63, 3.8) is 0 Å². The summed E-state index contributed by atoms with van der Waals surface area (Å²) in [5.41, 5.74) is 3.80. The fourth-order valence-electron chi connectivity index (χ4n) is 4.40. The number of Topliss-reactive ketones (excluding diaryl/α,β-unsaturated/α-hetero) is 1. The van der Waals surface area contributed by atoms with Crippen LogP contribution in [-0.2, 0) is 4.74 Å². The number of hydrogen-bond donors (Lipinski definition) is 2. The van der Waals surface area contributed by atoms with Crippen LogP contribution in [0.15, 0.2) is 48.5 Å². The Kier molecular flexibility index (Phi) is 6.84. The second-order valence-corrected chi connectivity index (χ2v) is 7.90. The van der Waals surface area contributed by atoms with Gasteiger partial charge in [-0.2, -0.15) is 0 Å². The molecule has 2 aromatic carbocycles. The molecule has 0 aliphatic carbocycles. The minimum atomic E-state index is -0.379. The number of urea groups is 1. The second-order valence-electron chi connectivity index (χ2n) is 7.90. The van der Waals surface area contributed by atoms with Crippen molar-refractivity contribution in [2.75, 3.05) is 56.2 Å². The molecule has 2 aliphatic heterocycles. The van der Waals surface area contributed by atoms with E-state index in [4.69, 9.17) is 4.74 Å². The molecule has 1 atom stereocenters. The lowest BCUT2D eigenvalue weighted by atomic mass is 9.94. The van der Waals surface area contributed by atoms with Gasteiger partial charge in [0.1, 0.15) is 0 Å². The number of rotatable bonds is 6. The van der Waals surface area contributed by atoms with E-state index in [-0.39, 0.29) is 18.4 Å². The van der Waals surface area contributed by atoms with Crippen LogP contribution in [0.4, 0.5) is 16.2 Å². The Morgan fingerprint density at radius 3 is 2.58 bits per heavy atom. The number of nitrogens with zero attached hydrogens (tertiary/aromatic N) is 2. The van der Waals surface area contributed by atoms with Crippen molar-refractivity contribution in [3.8, 4) is 0 Å². The fraction of sp³-hybridized carbons (Fsp3) is 0.417. The number of benzene rings is 2. The van der Waals surface area contributed by atoms with Gasteiger partial charge in [0.05, 0.1) is 19.8 Å². The van der Waals surface area contributed by atoms with E-state index in [0.29, 0.717) is 11.6 Å². The fourth-order valence-corrected chi connectivity index (χ4v) is 4.40. The number of carbonyl (C=O) groups is 2. The van der Waals surface area contributed by atoms with Gasteiger partial charge in [0.25, 0.3) is 0 Å². The van der Waals surface area contributed by atoms with Gasteiger partial charge in [-0.1, -0.05) is 30.3 Å². The second kappa shape index (κ2) is 9.94. The standard InChI is InChI=1S/C24H30N4O3/c1-2-27-11-10-22(28-12-14-31-15-13-28)20-16-19(8-9-21(20)27)26-24(30)25-17-23(29)18-6-4-3-5-7-18/h3-9,16,22H,2,10-15,17H2,1H3,(H2,25,26,30). The van der Waals surface area contributed by atoms with Gasteiger partial charge in [-0.25, -0.2) is 4.79 Å². The molecule has 1 fully saturated rings. The van der Waals surface area contributed by atoms with Crippen LogP contribution in [0.3, 0.4) is 0 Å². The number of fused-ring (bicyclic) bond motifs is 1. The molecule has 1 unspecified atom stereocenters. The Balaban J connectivity index is 1.44. The molecule has 2 amide bonds. The van der Waals surface area contributed by atoms with Gasteiger partial charge in [0.15, 0.2) is 5.78 Å². The van der Waals surface area contributed by atoms with Crippen LogP contribution in [0, 0.1) is 0 Å². The van der Waals surface area contributed by atoms with Crippen LogP contribution < -0.4 is 15.5 Å². The highest BCUT2D eigenvalue weighted by atomic mass is 16.5. The highest BCUT2D eigenvalue weighted by Gasteiger charge is 2.30. The lowest BCUT2D eigenvalue weighted by Crippen LogP contribution is -2.43. The number of ketones is 1. The molecule has 1 saturated heterocycles. The first-order chi connectivity index (χ1) is 15.2. The first kappa shape index (κ1) is 21.3. The van der Waals surface area contributed by atoms with Crippen molar-refractivity contribution in [3.05, 3.63) is 59.7 Å². The molecule has 0 radical (unpaired) electrons. The molecule has 31 heavy (non-hydrogen) atoms. The van der Waals surface area contributed by atoms with Gasteiger partial charge >= 0.3 is 6.03 Å². The average Bonchev–Trinajstić information content (AvgIpc) is 2.82. The van der Waals surface area contributed by atoms with Gasteiger partial charge in [-0.3, -0.25) is 9.69 Å². The largest absolute Gasteiger partial charge is 0.379 e. The van der Waals surface area contributed by atoms with E-state index >= 15 is 0 Å². The molecular formula is C24H30N4O3. The van der Waals surface area contributed by atoms with Gasteiger partial charge in [-0.05, 0) is 37.1 Å². The molecule has 2 heterocycles. The topological polar surface area (TPSA) is 73.9 Å². The van der Waals surface area contributed by atoms with E-state index in [2.05, 4.69) is 39.5 Å². The molecule has 0 aromatic heterocycles. The molecule has 7 heteroatoms. The molecule has 2 aromatic rings. The molecule has 7 nitrogen and oxygen atoms in total. The Hall–Kier alpha value is -2.90. The lowest BCUT2D eigenvalue weighted by molar-refractivity contribution is 0.0138. The summed E-state index contributed by atoms with van der Waals surface area (Å²) in [6.45, 7) is 7.49. The van der Waals surface area contributed by atoms with E-state index in [0.717, 1.165) is 51.5 Å². The highest BCUT2D eigenvalue weighted by Crippen LogP contribution is 2.39. The number of ether oxygens (including phenoxy) is 1. The minimum Gasteiger partial charge on any atom is -0.379 e. The normalized spacial score (nSPS) is 18.9. The summed E-state index contributed by atoms with van der Waals surface area (Å²) >= 11 is 0. The van der Waals surface area contributed by atoms with E-state index in [9.17, 15) is 9.59 Å². The third-order valence-corrected chi connectivity index (χ3v) is 6.03. The third kappa shape index (κ3) is 5.06. The summed E-state index contributed by atoms with van der Waals surface area (Å²) in [6, 6.07) is 15.0. The number of amides is 2. The molecule has 4 rings (SSSR count). The molecule has 0 saturated carbocycles. The van der Waals surface area contributed by atoms with Gasteiger partial charge in [0, 0.05) is 49.2 Å². The maximum atomic E-state index is 12.4. The van der Waals surface area contributed by atoms with Crippen LogP contribution in [0.1, 0.15) is 35.3 Å². The Labute approximate surface area is 183 Å². The van der Waals surface area contributed by atoms with Crippen molar-refractivity contribution < 1.29 is 14.3 Å². The first-order valence-corrected chi connectivity index (χ1v) is 11.0. The highest BCUT2D eigenvalue weighted by molar-refractivity contribution is 6.00. The van der Waals surface area contributed by atoms with Crippen molar-refractivity contribution in [2.24, 2.45) is 0 Å². The predicted octanol–water partition coefficient (Wildman–Crippen LogP) is 3.29. The first-order valence-electron chi connectivity index (χ1n) is 11.0. The van der Waals surface area contributed by atoms with Crippen molar-refractivity contribution >= 4 is 23.2 Å². The van der Waals surface area contributed by atoms with Gasteiger partial charge in [-0.15, -0.1) is 0 Å². The molecule has 164 valence electrons. The number of anilines is 2. The SMILES string of the molecule is CCN1CCC(N2CCOCC2)c2cc(NC(=O)NCC(=O)c3ccccc3)ccc21. The molecule has 0 spiro atoms. The lowest BCUT2D eigenvalue weighted by Gasteiger charge is -2.42. The van der Waals surface area contributed by atoms with Crippen LogP contribution >= 0.6 is 0 Å². The number of carbonyl (C=O) groups excluding carboxylic acids is 2. The predicted molar refractivity (Wildman–Crippen MR) is 122 cm³/mol. The van der Waals surface area contributed by atoms with E-state index in [1.54, 1.807) is 12.1 Å². The van der Waals surface area contributed by atoms with Crippen molar-refractivity contribution in [2.45, 2.75) is 19.4 Å². The van der Waals surface area contributed by atoms with Crippen molar-refractivity contribution in [1.29, 1.82) is 0 Å². The number of hydrogen-bond acceptors (Lipinski definition) is 5. The Morgan fingerprint density at radius 2 is 1.84 bits per heavy atom. The van der Waals surface area contributed by atoms with Crippen LogP contribution in [0.25, 0.3) is 0 Å². The zero-order chi connectivity index (χ0) is 21.6. The van der Waals surface area contributed by atoms with Crippen LogP contribution in [-0.4, -0.2) is 62.7 Å². The van der Waals surface area contributed by atoms with Gasteiger partial charge < -0.3 is 20.3 Å². The summed E-state index contributed by atoms with van der Waals surface area (Å²) in [7, 11) is 0. The zero-order valence-electron chi connectivity index (χ0n) is 18.0. The number of morpholine rings is 1. The summed E-state index contributed by atoms with van der Waals surface area (Å²) in [5.74, 6) is -0.118. The summed E-state index contributed by atoms with van der Waals surface area (Å²) in [5, 5.41) is 5.56. The smallest absolute Gasteiger partial charge is 0.319 e. The zero-order valence-corrected chi connectivity index (χ0v) is 18.0. The summed E-state index contributed by atoms with van der Waals surface area (Å²) < 4.78 is 5.53. The number of nitrogens with one attached hydrogen (secondary N) is 2. The van der Waals surface area contributed by atoms with E-state index < -0.39 is 0 Å². The Morgan fingerprint density at radius 1 is 1.06 bits per heavy atom. The molecule has 2 aliphatic rings.